The number of hydrogen-bond acceptors (Lipinski definition) is 2. The third-order valence-corrected chi connectivity index (χ3v) is 9.00. The largest absolute Gasteiger partial charge is 0.309 e. The third-order valence-electron chi connectivity index (χ3n) is 7.92. The van der Waals surface area contributed by atoms with E-state index in [1.807, 2.05) is 41.5 Å². The second kappa shape index (κ2) is 13.0. The molecule has 0 bridgehead atoms. The number of thiophene rings is 1. The molecule has 0 N–H and O–H groups in total. The van der Waals surface area contributed by atoms with E-state index in [4.69, 9.17) is 4.98 Å². The molecule has 5 aromatic carbocycles. The van der Waals surface area contributed by atoms with Gasteiger partial charge in [0.1, 0.15) is 4.83 Å². The molecule has 4 heterocycles. The highest BCUT2D eigenvalue weighted by Crippen LogP contribution is 2.40. The minimum Gasteiger partial charge on any atom is -0.309 e. The fourth-order valence-electron chi connectivity index (χ4n) is 6.24. The molecule has 9 aromatic rings. The van der Waals surface area contributed by atoms with Crippen LogP contribution in [-0.2, 0) is 0 Å². The van der Waals surface area contributed by atoms with Crippen LogP contribution in [0.3, 0.4) is 0 Å². The number of aromatic nitrogens is 3. The van der Waals surface area contributed by atoms with Crippen molar-refractivity contribution in [2.45, 2.75) is 41.5 Å². The average Bonchev–Trinajstić information content (AvgIpc) is 3.77. The van der Waals surface area contributed by atoms with E-state index in [-0.39, 0.29) is 0 Å². The first-order valence-electron chi connectivity index (χ1n) is 16.2. The second-order valence-corrected chi connectivity index (χ2v) is 11.1. The molecule has 0 unspecified atom stereocenters. The van der Waals surface area contributed by atoms with Crippen molar-refractivity contribution < 1.29 is 0 Å². The molecular formula is C41H39N3S. The highest BCUT2D eigenvalue weighted by atomic mass is 32.1. The van der Waals surface area contributed by atoms with Gasteiger partial charge in [-0.1, -0.05) is 114 Å². The summed E-state index contributed by atoms with van der Waals surface area (Å²) in [5, 5.41) is 6.16. The Bertz CT molecular complexity index is 2390. The van der Waals surface area contributed by atoms with E-state index in [0.717, 1.165) is 21.6 Å². The molecule has 9 rings (SSSR count). The van der Waals surface area contributed by atoms with Crippen LogP contribution in [0.2, 0.25) is 0 Å². The van der Waals surface area contributed by atoms with Crippen LogP contribution in [0.15, 0.2) is 127 Å². The van der Waals surface area contributed by atoms with Crippen molar-refractivity contribution in [3.63, 3.8) is 0 Å². The Labute approximate surface area is 269 Å². The van der Waals surface area contributed by atoms with Gasteiger partial charge >= 0.3 is 0 Å². The van der Waals surface area contributed by atoms with Crippen molar-refractivity contribution in [2.24, 2.45) is 0 Å². The van der Waals surface area contributed by atoms with Gasteiger partial charge in [0.2, 0.25) is 0 Å². The van der Waals surface area contributed by atoms with Crippen LogP contribution in [-0.4, -0.2) is 14.1 Å². The first-order valence-corrected chi connectivity index (χ1v) is 17.0. The van der Waals surface area contributed by atoms with Gasteiger partial charge in [-0.2, -0.15) is 0 Å². The van der Waals surface area contributed by atoms with E-state index in [9.17, 15) is 0 Å². The lowest BCUT2D eigenvalue weighted by molar-refractivity contribution is 1.16. The summed E-state index contributed by atoms with van der Waals surface area (Å²) in [6.07, 6.45) is 0. The topological polar surface area (TPSA) is 22.8 Å². The van der Waals surface area contributed by atoms with Crippen molar-refractivity contribution in [1.82, 2.24) is 14.1 Å². The maximum atomic E-state index is 5.24. The molecular weight excluding hydrogens is 567 g/mol. The van der Waals surface area contributed by atoms with Gasteiger partial charge in [0.15, 0.2) is 0 Å². The van der Waals surface area contributed by atoms with Crippen LogP contribution < -0.4 is 0 Å². The van der Waals surface area contributed by atoms with Gasteiger partial charge < -0.3 is 9.13 Å². The van der Waals surface area contributed by atoms with Gasteiger partial charge in [-0.25, -0.2) is 4.98 Å². The van der Waals surface area contributed by atoms with Crippen LogP contribution >= 0.6 is 11.3 Å². The summed E-state index contributed by atoms with van der Waals surface area (Å²) >= 11 is 1.77. The van der Waals surface area contributed by atoms with Crippen LogP contribution in [0.25, 0.3) is 75.4 Å². The van der Waals surface area contributed by atoms with E-state index in [0.29, 0.717) is 0 Å². The molecule has 0 spiro atoms. The number of nitrogens with zero attached hydrogens (tertiary/aromatic N) is 3. The van der Waals surface area contributed by atoms with E-state index < -0.39 is 0 Å². The van der Waals surface area contributed by atoms with Crippen molar-refractivity contribution in [3.05, 3.63) is 127 Å². The summed E-state index contributed by atoms with van der Waals surface area (Å²) < 4.78 is 6.03. The Morgan fingerprint density at radius 2 is 0.978 bits per heavy atom. The van der Waals surface area contributed by atoms with Crippen LogP contribution in [0.5, 0.6) is 0 Å². The Morgan fingerprint density at radius 3 is 1.71 bits per heavy atom. The molecule has 0 saturated carbocycles. The van der Waals surface area contributed by atoms with Gasteiger partial charge in [0.05, 0.1) is 27.6 Å². The predicted octanol–water partition coefficient (Wildman–Crippen LogP) is 12.7. The monoisotopic (exact) mass is 605 g/mol. The third kappa shape index (κ3) is 4.86. The number of benzene rings is 5. The van der Waals surface area contributed by atoms with Crippen LogP contribution in [0.1, 0.15) is 41.5 Å². The smallest absolute Gasteiger partial charge is 0.125 e. The standard InChI is InChI=1S/C35H21N3S.3C2H6/c1-2-10-22(11-3-1)37-29-15-7-4-12-24(29)27-20-23(18-19-31(27)37)38-30-16-8-5-14-26(30)34-32(38)21-28-25-13-6-9-17-33(25)39-35(28)36-34;3*1-2/h1-21H;3*1-2H3. The fraction of sp³-hybridized carbons (Fsp3) is 0.146. The van der Waals surface area contributed by atoms with Crippen molar-refractivity contribution >= 4 is 75.4 Å². The zero-order valence-electron chi connectivity index (χ0n) is 26.9. The van der Waals surface area contributed by atoms with Crippen LogP contribution in [0, 0.1) is 0 Å². The van der Waals surface area contributed by atoms with Crippen molar-refractivity contribution in [2.75, 3.05) is 0 Å². The maximum absolute atomic E-state index is 5.24. The fourth-order valence-corrected chi connectivity index (χ4v) is 7.30. The Hall–Kier alpha value is -4.93. The first kappa shape index (κ1) is 30.1. The van der Waals surface area contributed by atoms with E-state index in [1.165, 1.54) is 53.9 Å². The second-order valence-electron chi connectivity index (χ2n) is 10.0. The minimum absolute atomic E-state index is 1.05. The zero-order valence-corrected chi connectivity index (χ0v) is 27.7. The number of pyridine rings is 1. The summed E-state index contributed by atoms with van der Waals surface area (Å²) in [6.45, 7) is 12.0. The molecule has 4 aromatic heterocycles. The molecule has 0 atom stereocenters. The Kier molecular flexibility index (Phi) is 8.68. The van der Waals surface area contributed by atoms with E-state index in [2.05, 4.69) is 137 Å². The highest BCUT2D eigenvalue weighted by molar-refractivity contribution is 7.25. The van der Waals surface area contributed by atoms with Gasteiger partial charge in [-0.15, -0.1) is 11.3 Å². The SMILES string of the molecule is CC.CC.CC.c1ccc(-n2c3ccccc3c3cc(-n4c5ccccc5c5nc6sc7ccccc7c6cc54)ccc32)cc1. The molecule has 0 aliphatic rings. The number of para-hydroxylation sites is 3. The predicted molar refractivity (Wildman–Crippen MR) is 200 cm³/mol. The average molecular weight is 606 g/mol. The lowest BCUT2D eigenvalue weighted by Gasteiger charge is -2.10. The summed E-state index contributed by atoms with van der Waals surface area (Å²) in [4.78, 5) is 6.33. The molecule has 4 heteroatoms. The normalized spacial score (nSPS) is 10.9. The zero-order chi connectivity index (χ0) is 31.5. The summed E-state index contributed by atoms with van der Waals surface area (Å²) in [6, 6.07) is 45.8. The molecule has 0 aliphatic heterocycles. The van der Waals surface area contributed by atoms with E-state index >= 15 is 0 Å². The highest BCUT2D eigenvalue weighted by Gasteiger charge is 2.18. The molecule has 224 valence electrons. The van der Waals surface area contributed by atoms with Crippen molar-refractivity contribution in [3.8, 4) is 11.4 Å². The molecule has 3 nitrogen and oxygen atoms in total. The van der Waals surface area contributed by atoms with Gasteiger partial charge in [-0.05, 0) is 54.6 Å². The lowest BCUT2D eigenvalue weighted by atomic mass is 10.1. The van der Waals surface area contributed by atoms with Crippen LogP contribution in [0.4, 0.5) is 0 Å². The first-order chi connectivity index (χ1) is 22.3. The minimum atomic E-state index is 1.05. The summed E-state index contributed by atoms with van der Waals surface area (Å²) in [5.41, 5.74) is 8.10. The Morgan fingerprint density at radius 1 is 0.422 bits per heavy atom. The number of hydrogen-bond donors (Lipinski definition) is 0. The van der Waals surface area contributed by atoms with Gasteiger partial charge in [0.25, 0.3) is 0 Å². The number of fused-ring (bicyclic) bond motifs is 9. The quantitative estimate of drug-likeness (QED) is 0.192. The molecule has 0 fully saturated rings. The molecule has 0 amide bonds. The van der Waals surface area contributed by atoms with Gasteiger partial charge in [-0.3, -0.25) is 0 Å². The molecule has 0 radical (unpaired) electrons. The molecule has 0 aliphatic carbocycles. The lowest BCUT2D eigenvalue weighted by Crippen LogP contribution is -1.95. The molecule has 0 saturated heterocycles. The van der Waals surface area contributed by atoms with Crippen molar-refractivity contribution in [1.29, 1.82) is 0 Å². The van der Waals surface area contributed by atoms with E-state index in [1.54, 1.807) is 11.3 Å². The summed E-state index contributed by atoms with van der Waals surface area (Å²) in [5.74, 6) is 0. The molecule has 45 heavy (non-hydrogen) atoms. The maximum Gasteiger partial charge on any atom is 0.125 e. The number of rotatable bonds is 2. The van der Waals surface area contributed by atoms with Gasteiger partial charge in [0, 0.05) is 43.0 Å². The Balaban J connectivity index is 0.000000565. The summed E-state index contributed by atoms with van der Waals surface area (Å²) in [7, 11) is 0.